The fourth-order valence-corrected chi connectivity index (χ4v) is 5.99. The van der Waals surface area contributed by atoms with E-state index >= 15 is 0 Å². The Hall–Kier alpha value is -2.28. The lowest BCUT2D eigenvalue weighted by molar-refractivity contribution is -0.204. The molecule has 1 amide bonds. The Morgan fingerprint density at radius 3 is 2.51 bits per heavy atom. The first-order valence-electron chi connectivity index (χ1n) is 12.2. The van der Waals surface area contributed by atoms with Crippen molar-refractivity contribution in [2.75, 3.05) is 26.2 Å². The van der Waals surface area contributed by atoms with Gasteiger partial charge in [0.2, 0.25) is 5.60 Å². The highest BCUT2D eigenvalue weighted by molar-refractivity contribution is 7.13. The average Bonchev–Trinajstić information content (AvgIpc) is 3.22. The molecule has 2 N–H and O–H groups in total. The molecule has 11 nitrogen and oxygen atoms in total. The van der Waals surface area contributed by atoms with E-state index in [1.165, 1.54) is 42.4 Å². The first-order valence-corrected chi connectivity index (χ1v) is 13.0. The van der Waals surface area contributed by atoms with Gasteiger partial charge in [0.25, 0.3) is 11.1 Å². The summed E-state index contributed by atoms with van der Waals surface area (Å²) in [5, 5.41) is 20.0. The molecule has 3 atom stereocenters. The summed E-state index contributed by atoms with van der Waals surface area (Å²) < 4.78 is 16.3. The van der Waals surface area contributed by atoms with Gasteiger partial charge in [0.05, 0.1) is 17.1 Å². The maximum atomic E-state index is 13.3. The first-order chi connectivity index (χ1) is 16.7. The van der Waals surface area contributed by atoms with E-state index in [-0.39, 0.29) is 12.6 Å². The number of hydrogen-bond donors (Lipinski definition) is 2. The molecular weight excluding hydrogens is 478 g/mol. The Morgan fingerprint density at radius 1 is 1.11 bits per heavy atom. The molecule has 4 heterocycles. The number of aliphatic hydroxyl groups is 2. The van der Waals surface area contributed by atoms with Crippen LogP contribution < -0.4 is 4.74 Å². The van der Waals surface area contributed by atoms with Gasteiger partial charge in [0.15, 0.2) is 12.2 Å². The van der Waals surface area contributed by atoms with E-state index < -0.39 is 42.3 Å². The number of cyclic esters (lactones) is 2. The lowest BCUT2D eigenvalue weighted by Gasteiger charge is -2.41. The number of esters is 2. The van der Waals surface area contributed by atoms with Crippen LogP contribution in [0.3, 0.4) is 0 Å². The third-order valence-corrected chi connectivity index (χ3v) is 8.36. The minimum Gasteiger partial charge on any atom is -0.467 e. The summed E-state index contributed by atoms with van der Waals surface area (Å²) in [6.07, 6.45) is 2.40. The van der Waals surface area contributed by atoms with Crippen molar-refractivity contribution in [3.63, 3.8) is 0 Å². The van der Waals surface area contributed by atoms with Crippen LogP contribution in [0.15, 0.2) is 0 Å². The smallest absolute Gasteiger partial charge is 0.339 e. The van der Waals surface area contributed by atoms with E-state index in [9.17, 15) is 24.6 Å². The molecule has 5 rings (SSSR count). The van der Waals surface area contributed by atoms with Crippen molar-refractivity contribution in [1.82, 2.24) is 14.8 Å². The van der Waals surface area contributed by atoms with Gasteiger partial charge in [-0.2, -0.15) is 0 Å². The van der Waals surface area contributed by atoms with E-state index in [1.54, 1.807) is 0 Å². The summed E-state index contributed by atoms with van der Waals surface area (Å²) in [6, 6.07) is 0.752. The molecule has 1 aliphatic carbocycles. The van der Waals surface area contributed by atoms with Gasteiger partial charge >= 0.3 is 11.9 Å². The standard InChI is InChI=1S/C23H31N3O8S/c1-23(12-32-19(29)17(27)18(28)20(30)34-23)21(31)26-10-7-15-16(11-26)35-22(24-15)33-14-5-8-25(9-6-14)13-3-2-4-13/h13-14,17-18,27-28H,2-12H2,1H3. The van der Waals surface area contributed by atoms with Crippen LogP contribution in [0.1, 0.15) is 49.6 Å². The van der Waals surface area contributed by atoms with Crippen molar-refractivity contribution in [3.8, 4) is 5.19 Å². The zero-order chi connectivity index (χ0) is 24.7. The number of aromatic nitrogens is 1. The van der Waals surface area contributed by atoms with Gasteiger partial charge in [0, 0.05) is 32.1 Å². The van der Waals surface area contributed by atoms with Crippen molar-refractivity contribution < 1.29 is 38.8 Å². The van der Waals surface area contributed by atoms with Gasteiger partial charge in [-0.15, -0.1) is 0 Å². The molecule has 35 heavy (non-hydrogen) atoms. The lowest BCUT2D eigenvalue weighted by Crippen LogP contribution is -2.58. The molecule has 0 aromatic carbocycles. The molecular formula is C23H31N3O8S. The maximum absolute atomic E-state index is 13.3. The fraction of sp³-hybridized carbons (Fsp3) is 0.739. The number of carbonyl (C=O) groups excluding carboxylic acids is 3. The molecule has 1 aromatic heterocycles. The Bertz CT molecular complexity index is 989. The predicted octanol–water partition coefficient (Wildman–Crippen LogP) is 0.00400. The highest BCUT2D eigenvalue weighted by Gasteiger charge is 2.48. The molecule has 4 aliphatic rings. The van der Waals surface area contributed by atoms with E-state index in [0.29, 0.717) is 18.2 Å². The molecule has 1 saturated carbocycles. The number of piperidine rings is 1. The molecule has 0 spiro atoms. The van der Waals surface area contributed by atoms with Gasteiger partial charge in [-0.3, -0.25) is 4.79 Å². The molecule has 12 heteroatoms. The monoisotopic (exact) mass is 509 g/mol. The van der Waals surface area contributed by atoms with Crippen LogP contribution in [0.4, 0.5) is 0 Å². The van der Waals surface area contributed by atoms with Gasteiger partial charge in [0.1, 0.15) is 12.7 Å². The first kappa shape index (κ1) is 24.4. The number of fused-ring (bicyclic) bond motifs is 1. The van der Waals surface area contributed by atoms with Crippen molar-refractivity contribution in [2.24, 2.45) is 0 Å². The van der Waals surface area contributed by atoms with Crippen LogP contribution in [0.2, 0.25) is 0 Å². The number of amides is 1. The SMILES string of the molecule is CC1(C(=O)N2CCc3nc(OC4CCN(C5CCC5)CC4)sc3C2)COC(=O)C(O)C(O)C(=O)O1. The molecule has 3 fully saturated rings. The van der Waals surface area contributed by atoms with Crippen molar-refractivity contribution in [1.29, 1.82) is 0 Å². The fourth-order valence-electron chi connectivity index (χ4n) is 4.95. The minimum absolute atomic E-state index is 0.140. The molecule has 1 aromatic rings. The number of ether oxygens (including phenoxy) is 3. The van der Waals surface area contributed by atoms with Crippen molar-refractivity contribution in [2.45, 2.75) is 81.9 Å². The Kier molecular flexibility index (Phi) is 6.73. The summed E-state index contributed by atoms with van der Waals surface area (Å²) in [4.78, 5) is 46.9. The van der Waals surface area contributed by atoms with Crippen LogP contribution >= 0.6 is 11.3 Å². The van der Waals surface area contributed by atoms with Crippen LogP contribution in [-0.2, 0) is 36.8 Å². The van der Waals surface area contributed by atoms with Crippen LogP contribution in [0, 0.1) is 0 Å². The summed E-state index contributed by atoms with van der Waals surface area (Å²) in [5.41, 5.74) is -0.921. The number of aliphatic hydroxyl groups excluding tert-OH is 2. The quantitative estimate of drug-likeness (QED) is 0.534. The second-order valence-electron chi connectivity index (χ2n) is 9.91. The average molecular weight is 510 g/mol. The largest absolute Gasteiger partial charge is 0.467 e. The Morgan fingerprint density at radius 2 is 1.83 bits per heavy atom. The van der Waals surface area contributed by atoms with Gasteiger partial charge in [-0.05, 0) is 32.6 Å². The lowest BCUT2D eigenvalue weighted by atomic mass is 9.90. The summed E-state index contributed by atoms with van der Waals surface area (Å²) >= 11 is 1.42. The molecule has 0 radical (unpaired) electrons. The third kappa shape index (κ3) is 4.89. The number of hydrogen-bond acceptors (Lipinski definition) is 11. The normalized spacial score (nSPS) is 31.0. The van der Waals surface area contributed by atoms with E-state index in [4.69, 9.17) is 14.2 Å². The topological polar surface area (TPSA) is 139 Å². The zero-order valence-electron chi connectivity index (χ0n) is 19.7. The summed E-state index contributed by atoms with van der Waals surface area (Å²) in [6.45, 7) is 3.49. The number of rotatable bonds is 4. The van der Waals surface area contributed by atoms with Crippen molar-refractivity contribution in [3.05, 3.63) is 10.6 Å². The summed E-state index contributed by atoms with van der Waals surface area (Å²) in [7, 11) is 0. The number of nitrogens with zero attached hydrogens (tertiary/aromatic N) is 3. The minimum atomic E-state index is -2.12. The third-order valence-electron chi connectivity index (χ3n) is 7.38. The number of carbonyl (C=O) groups is 3. The van der Waals surface area contributed by atoms with Crippen LogP contribution in [-0.4, -0.2) is 99.0 Å². The summed E-state index contributed by atoms with van der Waals surface area (Å²) in [5.74, 6) is -2.98. The second kappa shape index (κ2) is 9.64. The molecule has 3 unspecified atom stereocenters. The van der Waals surface area contributed by atoms with E-state index in [0.717, 1.165) is 42.5 Å². The predicted molar refractivity (Wildman–Crippen MR) is 122 cm³/mol. The number of thiazole rings is 1. The highest BCUT2D eigenvalue weighted by Crippen LogP contribution is 2.34. The van der Waals surface area contributed by atoms with Crippen LogP contribution in [0.5, 0.6) is 5.19 Å². The van der Waals surface area contributed by atoms with E-state index in [1.807, 2.05) is 0 Å². The number of likely N-dealkylation sites (tertiary alicyclic amines) is 1. The molecule has 0 bridgehead atoms. The van der Waals surface area contributed by atoms with E-state index in [2.05, 4.69) is 9.88 Å². The molecule has 192 valence electrons. The Labute approximate surface area is 207 Å². The maximum Gasteiger partial charge on any atom is 0.339 e. The zero-order valence-corrected chi connectivity index (χ0v) is 20.5. The van der Waals surface area contributed by atoms with Gasteiger partial charge in [-0.1, -0.05) is 17.8 Å². The highest BCUT2D eigenvalue weighted by atomic mass is 32.1. The van der Waals surface area contributed by atoms with Gasteiger partial charge < -0.3 is 34.2 Å². The van der Waals surface area contributed by atoms with Gasteiger partial charge in [-0.25, -0.2) is 14.6 Å². The van der Waals surface area contributed by atoms with Crippen LogP contribution in [0.25, 0.3) is 0 Å². The molecule has 2 saturated heterocycles. The molecule has 3 aliphatic heterocycles. The van der Waals surface area contributed by atoms with Crippen molar-refractivity contribution >= 4 is 29.2 Å². The Balaban J connectivity index is 1.20. The second-order valence-corrected chi connectivity index (χ2v) is 11.0.